The van der Waals surface area contributed by atoms with Gasteiger partial charge in [0.2, 0.25) is 0 Å². The lowest BCUT2D eigenvalue weighted by atomic mass is 9.86. The highest BCUT2D eigenvalue weighted by molar-refractivity contribution is 6.32. The Hall–Kier alpha value is -7.82. The molecule has 9 aromatic carbocycles. The van der Waals surface area contributed by atoms with Crippen LogP contribution >= 0.6 is 0 Å². The molecule has 0 aliphatic carbocycles. The molecule has 13 aromatic rings. The van der Waals surface area contributed by atoms with Crippen LogP contribution in [0.25, 0.3) is 76.2 Å². The number of nitrogens with zero attached hydrogens (tertiary/aromatic N) is 4. The van der Waals surface area contributed by atoms with Crippen molar-refractivity contribution in [1.29, 1.82) is 0 Å². The van der Waals surface area contributed by atoms with Crippen LogP contribution in [0.15, 0.2) is 194 Å². The van der Waals surface area contributed by atoms with Crippen molar-refractivity contribution in [1.82, 2.24) is 8.80 Å². The van der Waals surface area contributed by atoms with Crippen LogP contribution in [-0.4, -0.2) is 8.80 Å². The molecule has 0 fully saturated rings. The fourth-order valence-electron chi connectivity index (χ4n) is 10.2. The number of fused-ring (bicyclic) bond motifs is 12. The van der Waals surface area contributed by atoms with E-state index >= 15 is 0 Å². The highest BCUT2D eigenvalue weighted by Gasteiger charge is 2.29. The molecule has 66 heavy (non-hydrogen) atoms. The first-order valence-electron chi connectivity index (χ1n) is 27.4. The van der Waals surface area contributed by atoms with Gasteiger partial charge in [0.05, 0.1) is 58.2 Å². The Morgan fingerprint density at radius 1 is 0.379 bits per heavy atom. The van der Waals surface area contributed by atoms with Gasteiger partial charge in [-0.1, -0.05) is 138 Å². The molecular weight excluding hydrogens is 801 g/mol. The standard InChI is InChI=1S/C62H50N4/c1-61(2,3)39-27-31-51-49(35-39)57-53(63(41-19-11-7-12-20-41)42-21-13-8-14-22-42)33-29-45-47-38-56-48(37-55(47)65(51)59(45)57)46-30-34-54(64(43-23-15-9-16-24-43)44-25-17-10-18-26-44)58-50-36-40(62(4,5)6)28-32-52(50)66(56)60(46)58/h7-38H,1-6H3/i7D,8D,9D,10D,27D,28D,31D,32D,35D,36D. The summed E-state index contributed by atoms with van der Waals surface area (Å²) in [6, 6.07) is 43.1. The summed E-state index contributed by atoms with van der Waals surface area (Å²) in [6.07, 6.45) is 0. The molecule has 0 unspecified atom stereocenters. The fraction of sp³-hybridized carbons (Fsp3) is 0.129. The number of benzene rings is 9. The third kappa shape index (κ3) is 5.51. The highest BCUT2D eigenvalue weighted by Crippen LogP contribution is 2.52. The lowest BCUT2D eigenvalue weighted by molar-refractivity contribution is 0.591. The summed E-state index contributed by atoms with van der Waals surface area (Å²) in [4.78, 5) is 4.14. The van der Waals surface area contributed by atoms with Crippen LogP contribution in [0.3, 0.4) is 0 Å². The van der Waals surface area contributed by atoms with Crippen molar-refractivity contribution in [2.45, 2.75) is 52.4 Å². The number of hydrogen-bond donors (Lipinski definition) is 0. The lowest BCUT2D eigenvalue weighted by Gasteiger charge is -2.26. The van der Waals surface area contributed by atoms with E-state index in [4.69, 9.17) is 5.48 Å². The Balaban J connectivity index is 1.22. The van der Waals surface area contributed by atoms with E-state index in [0.29, 0.717) is 57.1 Å². The molecule has 0 saturated heterocycles. The summed E-state index contributed by atoms with van der Waals surface area (Å²) in [5.74, 6) is 0. The second kappa shape index (κ2) is 13.8. The largest absolute Gasteiger partial charge is 0.310 e. The van der Waals surface area contributed by atoms with Crippen molar-refractivity contribution in [3.8, 4) is 0 Å². The van der Waals surface area contributed by atoms with Crippen molar-refractivity contribution in [2.24, 2.45) is 0 Å². The molecule has 0 aliphatic heterocycles. The molecule has 0 atom stereocenters. The molecule has 0 spiro atoms. The second-order valence-corrected chi connectivity index (χ2v) is 19.4. The van der Waals surface area contributed by atoms with Crippen LogP contribution < -0.4 is 9.80 Å². The van der Waals surface area contributed by atoms with Crippen molar-refractivity contribution in [2.75, 3.05) is 9.80 Å². The number of rotatable bonds is 6. The average Bonchev–Trinajstić information content (AvgIpc) is 4.30. The van der Waals surface area contributed by atoms with E-state index in [2.05, 4.69) is 42.9 Å². The molecule has 13 rings (SSSR count). The van der Waals surface area contributed by atoms with E-state index in [0.717, 1.165) is 88.5 Å². The smallest absolute Gasteiger partial charge is 0.0645 e. The molecule has 0 amide bonds. The summed E-state index contributed by atoms with van der Waals surface area (Å²) in [5, 5.41) is 5.87. The van der Waals surface area contributed by atoms with Gasteiger partial charge < -0.3 is 18.6 Å². The van der Waals surface area contributed by atoms with Crippen LogP contribution in [0.5, 0.6) is 0 Å². The summed E-state index contributed by atoms with van der Waals surface area (Å²) < 4.78 is 96.8. The van der Waals surface area contributed by atoms with Crippen molar-refractivity contribution in [3.63, 3.8) is 0 Å². The number of anilines is 6. The summed E-state index contributed by atoms with van der Waals surface area (Å²) in [6.45, 7) is 11.8. The summed E-state index contributed by atoms with van der Waals surface area (Å²) in [5.41, 5.74) is 8.03. The van der Waals surface area contributed by atoms with Gasteiger partial charge in [-0.2, -0.15) is 0 Å². The third-order valence-corrected chi connectivity index (χ3v) is 13.3. The van der Waals surface area contributed by atoms with Gasteiger partial charge in [-0.25, -0.2) is 0 Å². The molecule has 0 aliphatic rings. The lowest BCUT2D eigenvalue weighted by Crippen LogP contribution is -2.11. The van der Waals surface area contributed by atoms with Gasteiger partial charge in [0.15, 0.2) is 0 Å². The predicted octanol–water partition coefficient (Wildman–Crippen LogP) is 17.5. The number of hydrogen-bond acceptors (Lipinski definition) is 2. The Morgan fingerprint density at radius 2 is 0.712 bits per heavy atom. The van der Waals surface area contributed by atoms with Gasteiger partial charge in [-0.3, -0.25) is 0 Å². The van der Waals surface area contributed by atoms with Crippen LogP contribution in [-0.2, 0) is 10.8 Å². The minimum Gasteiger partial charge on any atom is -0.310 e. The van der Waals surface area contributed by atoms with E-state index < -0.39 is 10.8 Å². The van der Waals surface area contributed by atoms with Gasteiger partial charge in [0.25, 0.3) is 0 Å². The molecule has 4 nitrogen and oxygen atoms in total. The zero-order valence-electron chi connectivity index (χ0n) is 47.5. The van der Waals surface area contributed by atoms with Crippen molar-refractivity contribution in [3.05, 3.63) is 205 Å². The van der Waals surface area contributed by atoms with Crippen LogP contribution in [0, 0.1) is 0 Å². The molecule has 4 aromatic heterocycles. The first-order valence-corrected chi connectivity index (χ1v) is 22.4. The Bertz CT molecular complexity index is 4180. The Kier molecular flexibility index (Phi) is 6.21. The van der Waals surface area contributed by atoms with Crippen LogP contribution in [0.1, 0.15) is 66.4 Å². The zero-order chi connectivity index (χ0) is 53.3. The zero-order valence-corrected chi connectivity index (χ0v) is 37.5. The van der Waals surface area contributed by atoms with Crippen LogP contribution in [0.2, 0.25) is 0 Å². The maximum Gasteiger partial charge on any atom is 0.0645 e. The highest BCUT2D eigenvalue weighted by atomic mass is 15.2. The second-order valence-electron chi connectivity index (χ2n) is 19.4. The molecule has 0 saturated carbocycles. The van der Waals surface area contributed by atoms with E-state index in [1.807, 2.05) is 102 Å². The normalized spacial score (nSPS) is 14.8. The van der Waals surface area contributed by atoms with Gasteiger partial charge in [-0.15, -0.1) is 0 Å². The van der Waals surface area contributed by atoms with Gasteiger partial charge >= 0.3 is 0 Å². The fourth-order valence-corrected chi connectivity index (χ4v) is 10.2. The van der Waals surface area contributed by atoms with Crippen molar-refractivity contribution < 1.29 is 13.7 Å². The first-order chi connectivity index (χ1) is 36.1. The van der Waals surface area contributed by atoms with Gasteiger partial charge in [-0.05, 0) is 119 Å². The summed E-state index contributed by atoms with van der Waals surface area (Å²) >= 11 is 0. The monoisotopic (exact) mass is 860 g/mol. The third-order valence-electron chi connectivity index (χ3n) is 13.3. The minimum atomic E-state index is -0.650. The molecule has 0 N–H and O–H groups in total. The summed E-state index contributed by atoms with van der Waals surface area (Å²) in [7, 11) is 0. The molecule has 4 heteroatoms. The van der Waals surface area contributed by atoms with Gasteiger partial charge in [0.1, 0.15) is 0 Å². The van der Waals surface area contributed by atoms with Gasteiger partial charge in [0, 0.05) is 65.8 Å². The SMILES string of the molecule is [2H]c1ccc(N(c2ccc([2H])cc2)c2ccc3c4cc5c(cc4n4c6c([2H])c([2H])c(C(C)(C)C)c([2H])c6c2c34)c2ccc(N(c3ccc([2H])cc3)c3ccc([2H])cc3)c3c4c([2H])c(C(C)(C)C)c([2H])c([2H])c4n5c23)cc1. The van der Waals surface area contributed by atoms with E-state index in [1.165, 1.54) is 0 Å². The molecule has 0 bridgehead atoms. The quantitative estimate of drug-likeness (QED) is 0.165. The maximum atomic E-state index is 10.1. The van der Waals surface area contributed by atoms with E-state index in [9.17, 15) is 8.22 Å². The van der Waals surface area contributed by atoms with E-state index in [-0.39, 0.29) is 36.3 Å². The van der Waals surface area contributed by atoms with E-state index in [1.54, 1.807) is 48.5 Å². The Morgan fingerprint density at radius 3 is 1.03 bits per heavy atom. The average molecular weight is 861 g/mol. The predicted molar refractivity (Wildman–Crippen MR) is 283 cm³/mol. The molecule has 0 radical (unpaired) electrons. The molecular formula is C62H50N4. The number of aromatic nitrogens is 2. The first kappa shape index (κ1) is 29.6. The maximum absolute atomic E-state index is 10.1. The molecule has 4 heterocycles. The van der Waals surface area contributed by atoms with Crippen molar-refractivity contribution >= 4 is 110 Å². The molecule has 318 valence electrons. The minimum absolute atomic E-state index is 0.00137. The van der Waals surface area contributed by atoms with Crippen LogP contribution in [0.4, 0.5) is 34.1 Å². The Labute approximate surface area is 398 Å². The number of para-hydroxylation sites is 4. The topological polar surface area (TPSA) is 15.3 Å².